The summed E-state index contributed by atoms with van der Waals surface area (Å²) >= 11 is 0. The van der Waals surface area contributed by atoms with Crippen LogP contribution in [0.25, 0.3) is 0 Å². The predicted molar refractivity (Wildman–Crippen MR) is 105 cm³/mol. The zero-order chi connectivity index (χ0) is 19.9. The lowest BCUT2D eigenvalue weighted by Gasteiger charge is -2.07. The topological polar surface area (TPSA) is 124 Å². The number of aromatic nitrogens is 3. The number of anilines is 3. The average molecular weight is 380 g/mol. The van der Waals surface area contributed by atoms with Gasteiger partial charge in [-0.25, -0.2) is 4.68 Å². The molecule has 144 valence electrons. The third kappa shape index (κ3) is 4.64. The van der Waals surface area contributed by atoms with Crippen molar-refractivity contribution in [3.8, 4) is 5.75 Å². The number of nitrogens with zero attached hydrogens (tertiary/aromatic N) is 3. The van der Waals surface area contributed by atoms with E-state index in [0.29, 0.717) is 23.7 Å². The van der Waals surface area contributed by atoms with E-state index in [4.69, 9.17) is 10.5 Å². The van der Waals surface area contributed by atoms with Gasteiger partial charge in [-0.3, -0.25) is 9.59 Å². The van der Waals surface area contributed by atoms with Crippen molar-refractivity contribution >= 4 is 29.0 Å². The van der Waals surface area contributed by atoms with Crippen molar-refractivity contribution in [2.75, 3.05) is 23.0 Å². The van der Waals surface area contributed by atoms with Crippen LogP contribution >= 0.6 is 0 Å². The van der Waals surface area contributed by atoms with Crippen LogP contribution in [0.4, 0.5) is 17.2 Å². The van der Waals surface area contributed by atoms with Crippen molar-refractivity contribution < 1.29 is 14.3 Å². The highest BCUT2D eigenvalue weighted by molar-refractivity contribution is 6.05. The smallest absolute Gasteiger partial charge is 0.280 e. The van der Waals surface area contributed by atoms with E-state index in [1.165, 1.54) is 4.68 Å². The lowest BCUT2D eigenvalue weighted by atomic mass is 10.3. The second-order valence-corrected chi connectivity index (χ2v) is 5.81. The molecule has 1 heterocycles. The third-order valence-electron chi connectivity index (χ3n) is 3.76. The minimum atomic E-state index is -0.517. The van der Waals surface area contributed by atoms with E-state index < -0.39 is 5.91 Å². The van der Waals surface area contributed by atoms with E-state index in [1.807, 2.05) is 25.1 Å². The summed E-state index contributed by atoms with van der Waals surface area (Å²) < 4.78 is 6.53. The van der Waals surface area contributed by atoms with E-state index in [-0.39, 0.29) is 24.0 Å². The zero-order valence-corrected chi connectivity index (χ0v) is 15.3. The van der Waals surface area contributed by atoms with Gasteiger partial charge in [-0.15, -0.1) is 5.10 Å². The second kappa shape index (κ2) is 8.67. The van der Waals surface area contributed by atoms with Crippen molar-refractivity contribution in [3.05, 3.63) is 60.3 Å². The van der Waals surface area contributed by atoms with Crippen molar-refractivity contribution in [3.63, 3.8) is 0 Å². The highest BCUT2D eigenvalue weighted by atomic mass is 16.5. The molecule has 28 heavy (non-hydrogen) atoms. The van der Waals surface area contributed by atoms with Gasteiger partial charge in [0.1, 0.15) is 12.3 Å². The number of nitrogen functional groups attached to an aromatic ring is 1. The summed E-state index contributed by atoms with van der Waals surface area (Å²) in [4.78, 5) is 24.5. The first kappa shape index (κ1) is 18.9. The van der Waals surface area contributed by atoms with E-state index in [1.54, 1.807) is 36.4 Å². The van der Waals surface area contributed by atoms with E-state index >= 15 is 0 Å². The Morgan fingerprint density at radius 2 is 1.71 bits per heavy atom. The first-order valence-electron chi connectivity index (χ1n) is 8.65. The number of nitrogens with two attached hydrogens (primary N) is 1. The number of benzene rings is 2. The number of hydrogen-bond acceptors (Lipinski definition) is 6. The predicted octanol–water partition coefficient (Wildman–Crippen LogP) is 2.15. The lowest BCUT2D eigenvalue weighted by molar-refractivity contribution is -0.116. The highest BCUT2D eigenvalue weighted by Crippen LogP contribution is 2.17. The molecule has 0 aliphatic heterocycles. The molecule has 2 aromatic carbocycles. The van der Waals surface area contributed by atoms with Gasteiger partial charge in [0, 0.05) is 11.4 Å². The van der Waals surface area contributed by atoms with E-state index in [2.05, 4.69) is 20.9 Å². The van der Waals surface area contributed by atoms with E-state index in [9.17, 15) is 9.59 Å². The van der Waals surface area contributed by atoms with Gasteiger partial charge in [0.25, 0.3) is 5.91 Å². The monoisotopic (exact) mass is 380 g/mol. The molecule has 4 N–H and O–H groups in total. The highest BCUT2D eigenvalue weighted by Gasteiger charge is 2.19. The minimum Gasteiger partial charge on any atom is -0.494 e. The second-order valence-electron chi connectivity index (χ2n) is 5.81. The SMILES string of the molecule is CCOc1ccc(NC(=O)c2nnn(CC(=O)Nc3ccccc3)c2N)cc1. The summed E-state index contributed by atoms with van der Waals surface area (Å²) in [7, 11) is 0. The lowest BCUT2D eigenvalue weighted by Crippen LogP contribution is -2.21. The zero-order valence-electron chi connectivity index (χ0n) is 15.3. The molecule has 0 atom stereocenters. The Labute approximate surface area is 161 Å². The van der Waals surface area contributed by atoms with Crippen molar-refractivity contribution in [1.29, 1.82) is 0 Å². The molecule has 0 spiro atoms. The molecule has 0 bridgehead atoms. The number of amides is 2. The number of rotatable bonds is 7. The number of para-hydroxylation sites is 1. The number of carbonyl (C=O) groups excluding carboxylic acids is 2. The summed E-state index contributed by atoms with van der Waals surface area (Å²) in [5.74, 6) is -0.139. The maximum Gasteiger partial charge on any atom is 0.280 e. The molecular formula is C19H20N6O3. The molecule has 3 aromatic rings. The Balaban J connectivity index is 1.63. The van der Waals surface area contributed by atoms with Gasteiger partial charge in [-0.2, -0.15) is 0 Å². The maximum absolute atomic E-state index is 12.4. The fourth-order valence-electron chi connectivity index (χ4n) is 2.45. The average Bonchev–Trinajstić information content (AvgIpc) is 3.05. The Morgan fingerprint density at radius 1 is 1.04 bits per heavy atom. The fraction of sp³-hybridized carbons (Fsp3) is 0.158. The number of ether oxygens (including phenoxy) is 1. The van der Waals surface area contributed by atoms with Gasteiger partial charge < -0.3 is 21.1 Å². The first-order chi connectivity index (χ1) is 13.6. The Kier molecular flexibility index (Phi) is 5.85. The first-order valence-corrected chi connectivity index (χ1v) is 8.65. The van der Waals surface area contributed by atoms with Crippen LogP contribution in [0.5, 0.6) is 5.75 Å². The molecule has 0 radical (unpaired) electrons. The van der Waals surface area contributed by atoms with Gasteiger partial charge in [0.2, 0.25) is 5.91 Å². The van der Waals surface area contributed by atoms with Crippen LogP contribution in [0.3, 0.4) is 0 Å². The normalized spacial score (nSPS) is 10.3. The molecule has 0 aliphatic carbocycles. The van der Waals surface area contributed by atoms with Crippen LogP contribution in [0, 0.1) is 0 Å². The minimum absolute atomic E-state index is 0.00616. The van der Waals surface area contributed by atoms with E-state index in [0.717, 1.165) is 0 Å². The molecule has 0 saturated carbocycles. The summed E-state index contributed by atoms with van der Waals surface area (Å²) in [6.45, 7) is 2.29. The largest absolute Gasteiger partial charge is 0.494 e. The van der Waals surface area contributed by atoms with Gasteiger partial charge in [-0.1, -0.05) is 23.4 Å². The van der Waals surface area contributed by atoms with Crippen LogP contribution in [-0.2, 0) is 11.3 Å². The van der Waals surface area contributed by atoms with Gasteiger partial charge in [-0.05, 0) is 43.3 Å². The van der Waals surface area contributed by atoms with Crippen LogP contribution in [0.15, 0.2) is 54.6 Å². The quantitative estimate of drug-likeness (QED) is 0.577. The van der Waals surface area contributed by atoms with Crippen LogP contribution in [0.1, 0.15) is 17.4 Å². The fourth-order valence-corrected chi connectivity index (χ4v) is 2.45. The van der Waals surface area contributed by atoms with Crippen molar-refractivity contribution in [2.45, 2.75) is 13.5 Å². The van der Waals surface area contributed by atoms with Crippen LogP contribution in [0.2, 0.25) is 0 Å². The van der Waals surface area contributed by atoms with Gasteiger partial charge >= 0.3 is 0 Å². The molecule has 3 rings (SSSR count). The number of hydrogen-bond donors (Lipinski definition) is 3. The Bertz CT molecular complexity index is 954. The maximum atomic E-state index is 12.4. The molecule has 1 aromatic heterocycles. The summed E-state index contributed by atoms with van der Waals surface area (Å²) in [5.41, 5.74) is 7.10. The molecular weight excluding hydrogens is 360 g/mol. The van der Waals surface area contributed by atoms with Crippen LogP contribution < -0.4 is 21.1 Å². The summed E-state index contributed by atoms with van der Waals surface area (Å²) in [6.07, 6.45) is 0. The molecule has 0 unspecified atom stereocenters. The van der Waals surface area contributed by atoms with Crippen LogP contribution in [-0.4, -0.2) is 33.4 Å². The molecule has 0 saturated heterocycles. The molecule has 2 amide bonds. The Morgan fingerprint density at radius 3 is 2.39 bits per heavy atom. The Hall–Kier alpha value is -3.88. The molecule has 9 heteroatoms. The number of nitrogens with one attached hydrogen (secondary N) is 2. The molecule has 0 aliphatic rings. The van der Waals surface area contributed by atoms with Crippen molar-refractivity contribution in [2.24, 2.45) is 0 Å². The summed E-state index contributed by atoms with van der Waals surface area (Å²) in [6, 6.07) is 15.9. The summed E-state index contributed by atoms with van der Waals surface area (Å²) in [5, 5.41) is 13.0. The standard InChI is InChI=1S/C19H20N6O3/c1-2-28-15-10-8-14(9-11-15)22-19(27)17-18(20)25(24-23-17)12-16(26)21-13-6-4-3-5-7-13/h3-11H,2,12,20H2,1H3,(H,21,26)(H,22,27). The molecule has 0 fully saturated rings. The molecule has 9 nitrogen and oxygen atoms in total. The van der Waals surface area contributed by atoms with Gasteiger partial charge in [0.15, 0.2) is 11.5 Å². The van der Waals surface area contributed by atoms with Gasteiger partial charge in [0.05, 0.1) is 6.61 Å². The third-order valence-corrected chi connectivity index (χ3v) is 3.76. The number of carbonyl (C=O) groups is 2. The van der Waals surface area contributed by atoms with Crippen molar-refractivity contribution in [1.82, 2.24) is 15.0 Å².